The van der Waals surface area contributed by atoms with Crippen LogP contribution in [0.5, 0.6) is 5.88 Å². The van der Waals surface area contributed by atoms with Crippen LogP contribution in [-0.4, -0.2) is 45.5 Å². The molecule has 9 nitrogen and oxygen atoms in total. The Bertz CT molecular complexity index is 1680. The first-order chi connectivity index (χ1) is 19.2. The molecule has 0 saturated heterocycles. The van der Waals surface area contributed by atoms with Crippen molar-refractivity contribution in [1.82, 2.24) is 9.97 Å². The number of aromatic nitrogens is 2. The molecule has 2 aromatic heterocycles. The van der Waals surface area contributed by atoms with Crippen LogP contribution in [0.3, 0.4) is 0 Å². The summed E-state index contributed by atoms with van der Waals surface area (Å²) in [5.41, 5.74) is 3.81. The Kier molecular flexibility index (Phi) is 6.87. The van der Waals surface area contributed by atoms with Gasteiger partial charge in [-0.25, -0.2) is 22.7 Å². The predicted octanol–water partition coefficient (Wildman–Crippen LogP) is 5.91. The number of amides is 1. The second kappa shape index (κ2) is 10.4. The summed E-state index contributed by atoms with van der Waals surface area (Å²) in [6.07, 6.45) is 5.26. The summed E-state index contributed by atoms with van der Waals surface area (Å²) in [5.74, 6) is 0.379. The van der Waals surface area contributed by atoms with Crippen molar-refractivity contribution in [1.29, 1.82) is 0 Å². The van der Waals surface area contributed by atoms with Crippen LogP contribution in [-0.2, 0) is 14.8 Å². The molecule has 3 heterocycles. The van der Waals surface area contributed by atoms with E-state index in [1.165, 1.54) is 28.5 Å². The van der Waals surface area contributed by atoms with E-state index in [0.717, 1.165) is 24.1 Å². The zero-order valence-corrected chi connectivity index (χ0v) is 24.3. The lowest BCUT2D eigenvalue weighted by Gasteiger charge is -2.20. The first kappa shape index (κ1) is 26.5. The zero-order valence-electron chi connectivity index (χ0n) is 22.6. The maximum absolute atomic E-state index is 13.6. The molecule has 1 aliphatic heterocycles. The number of rotatable bonds is 9. The zero-order chi connectivity index (χ0) is 28.0. The van der Waals surface area contributed by atoms with Gasteiger partial charge in [0.05, 0.1) is 29.3 Å². The maximum Gasteiger partial charge on any atom is 0.268 e. The molecule has 40 heavy (non-hydrogen) atoms. The lowest BCUT2D eigenvalue weighted by atomic mass is 9.87. The normalized spacial score (nSPS) is 15.6. The van der Waals surface area contributed by atoms with E-state index in [-0.39, 0.29) is 10.8 Å². The highest BCUT2D eigenvalue weighted by Gasteiger charge is 2.41. The van der Waals surface area contributed by atoms with Gasteiger partial charge in [0.1, 0.15) is 10.3 Å². The highest BCUT2D eigenvalue weighted by molar-refractivity contribution is 7.93. The minimum atomic E-state index is -3.73. The number of fused-ring (bicyclic) bond motifs is 2. The number of pyridine rings is 1. The van der Waals surface area contributed by atoms with Gasteiger partial charge in [0.15, 0.2) is 5.13 Å². The number of ether oxygens (including phenoxy) is 1. The highest BCUT2D eigenvalue weighted by atomic mass is 32.2. The number of benzene rings is 2. The van der Waals surface area contributed by atoms with Crippen LogP contribution in [0.4, 0.5) is 22.2 Å². The van der Waals surface area contributed by atoms with Crippen molar-refractivity contribution in [2.24, 2.45) is 5.92 Å². The molecule has 11 heteroatoms. The summed E-state index contributed by atoms with van der Waals surface area (Å²) < 4.78 is 33.4. The van der Waals surface area contributed by atoms with Gasteiger partial charge in [-0.3, -0.25) is 4.79 Å². The molecule has 1 aliphatic carbocycles. The number of thiazole rings is 1. The summed E-state index contributed by atoms with van der Waals surface area (Å²) in [5, 5.41) is 3.48. The van der Waals surface area contributed by atoms with Gasteiger partial charge in [-0.15, -0.1) is 0 Å². The van der Waals surface area contributed by atoms with Crippen molar-refractivity contribution in [3.63, 3.8) is 0 Å². The minimum absolute atomic E-state index is 0.150. The first-order valence-corrected chi connectivity index (χ1v) is 15.6. The number of nitrogens with zero attached hydrogens (tertiary/aromatic N) is 4. The lowest BCUT2D eigenvalue weighted by Crippen LogP contribution is -2.23. The average molecular weight is 578 g/mol. The molecule has 4 aromatic rings. The molecular weight excluding hydrogens is 546 g/mol. The highest BCUT2D eigenvalue weighted by Crippen LogP contribution is 2.53. The standard InChI is InChI=1S/C29H31N5O4S2/c1-33(2)20-10-14-24-25(17-20)34(24)40(36,37)21-11-8-19(9-12-21)22(16-18-6-4-5-7-18)27(35)32-29-30-23-13-15-26(38-3)31-28(23)39-29/h8-15,17-18,22H,4-7,16H2,1-3H3,(H,30,32,35). The molecule has 1 saturated carbocycles. The summed E-state index contributed by atoms with van der Waals surface area (Å²) in [7, 11) is 1.67. The number of anilines is 4. The van der Waals surface area contributed by atoms with Gasteiger partial charge in [-0.1, -0.05) is 49.2 Å². The van der Waals surface area contributed by atoms with Crippen LogP contribution in [0.15, 0.2) is 59.5 Å². The fourth-order valence-corrected chi connectivity index (χ4v) is 7.76. The van der Waals surface area contributed by atoms with Crippen molar-refractivity contribution in [2.75, 3.05) is 35.7 Å². The van der Waals surface area contributed by atoms with Gasteiger partial charge in [0, 0.05) is 25.8 Å². The quantitative estimate of drug-likeness (QED) is 0.247. The summed E-state index contributed by atoms with van der Waals surface area (Å²) in [4.78, 5) is 25.4. The second-order valence-electron chi connectivity index (χ2n) is 10.5. The molecule has 1 unspecified atom stereocenters. The molecule has 1 amide bonds. The monoisotopic (exact) mass is 577 g/mol. The molecule has 208 valence electrons. The SMILES string of the molecule is COc1ccc2nc(NC(=O)C(CC3CCCC3)c3ccc(S(=O)(=O)N4c5ccc(N(C)C)cc54)cc3)sc2n1. The van der Waals surface area contributed by atoms with Gasteiger partial charge in [-0.2, -0.15) is 0 Å². The van der Waals surface area contributed by atoms with E-state index >= 15 is 0 Å². The van der Waals surface area contributed by atoms with Crippen LogP contribution in [0.25, 0.3) is 10.3 Å². The Morgan fingerprint density at radius 2 is 1.82 bits per heavy atom. The van der Waals surface area contributed by atoms with Crippen LogP contribution >= 0.6 is 11.3 Å². The van der Waals surface area contributed by atoms with Crippen molar-refractivity contribution < 1.29 is 17.9 Å². The lowest BCUT2D eigenvalue weighted by molar-refractivity contribution is -0.118. The van der Waals surface area contributed by atoms with Crippen molar-refractivity contribution in [2.45, 2.75) is 42.9 Å². The molecule has 1 atom stereocenters. The van der Waals surface area contributed by atoms with E-state index in [4.69, 9.17) is 4.74 Å². The third-order valence-corrected chi connectivity index (χ3v) is 10.3. The van der Waals surface area contributed by atoms with E-state index in [0.29, 0.717) is 45.1 Å². The van der Waals surface area contributed by atoms with Crippen LogP contribution in [0.1, 0.15) is 43.6 Å². The molecule has 6 rings (SSSR count). The Labute approximate surface area is 237 Å². The van der Waals surface area contributed by atoms with Gasteiger partial charge in [0.2, 0.25) is 11.8 Å². The predicted molar refractivity (Wildman–Crippen MR) is 158 cm³/mol. The van der Waals surface area contributed by atoms with E-state index in [1.807, 2.05) is 43.3 Å². The van der Waals surface area contributed by atoms with Crippen molar-refractivity contribution >= 4 is 59.8 Å². The van der Waals surface area contributed by atoms with Crippen LogP contribution in [0, 0.1) is 5.92 Å². The van der Waals surface area contributed by atoms with Crippen molar-refractivity contribution in [3.8, 4) is 5.88 Å². The third-order valence-electron chi connectivity index (χ3n) is 7.71. The smallest absolute Gasteiger partial charge is 0.268 e. The topological polar surface area (TPSA) is 104 Å². The van der Waals surface area contributed by atoms with Gasteiger partial charge < -0.3 is 15.0 Å². The fraction of sp³-hybridized carbons (Fsp3) is 0.345. The molecule has 0 spiro atoms. The van der Waals surface area contributed by atoms with Crippen LogP contribution in [0.2, 0.25) is 0 Å². The number of sulfonamides is 1. The largest absolute Gasteiger partial charge is 0.481 e. The molecule has 0 radical (unpaired) electrons. The maximum atomic E-state index is 13.6. The average Bonchev–Trinajstić information content (AvgIpc) is 3.23. The Hall–Kier alpha value is -3.70. The third kappa shape index (κ3) is 4.99. The first-order valence-electron chi connectivity index (χ1n) is 13.3. The van der Waals surface area contributed by atoms with Gasteiger partial charge >= 0.3 is 0 Å². The second-order valence-corrected chi connectivity index (χ2v) is 13.3. The number of methoxy groups -OCH3 is 1. The molecular formula is C29H31N5O4S2. The fourth-order valence-electron chi connectivity index (χ4n) is 5.46. The Morgan fingerprint density at radius 3 is 2.52 bits per heavy atom. The molecule has 0 bridgehead atoms. The number of nitrogens with one attached hydrogen (secondary N) is 1. The van der Waals surface area contributed by atoms with E-state index in [9.17, 15) is 13.2 Å². The van der Waals surface area contributed by atoms with E-state index in [1.54, 1.807) is 37.4 Å². The molecule has 2 aliphatic rings. The number of carbonyl (C=O) groups is 1. The number of hydrogen-bond donors (Lipinski definition) is 1. The van der Waals surface area contributed by atoms with Gasteiger partial charge in [-0.05, 0) is 54.3 Å². The van der Waals surface area contributed by atoms with E-state index < -0.39 is 15.9 Å². The Balaban J connectivity index is 1.23. The summed E-state index contributed by atoms with van der Waals surface area (Å²) in [6, 6.07) is 15.9. The van der Waals surface area contributed by atoms with Gasteiger partial charge in [0.25, 0.3) is 10.0 Å². The van der Waals surface area contributed by atoms with Crippen molar-refractivity contribution in [3.05, 3.63) is 60.2 Å². The summed E-state index contributed by atoms with van der Waals surface area (Å²) in [6.45, 7) is 0. The molecule has 1 fully saturated rings. The molecule has 1 N–H and O–H groups in total. The minimum Gasteiger partial charge on any atom is -0.481 e. The number of carbonyl (C=O) groups excluding carboxylic acids is 1. The Morgan fingerprint density at radius 1 is 1.07 bits per heavy atom. The summed E-state index contributed by atoms with van der Waals surface area (Å²) >= 11 is 1.30. The number of hydrogen-bond acceptors (Lipinski definition) is 8. The molecule has 2 aromatic carbocycles. The van der Waals surface area contributed by atoms with E-state index in [2.05, 4.69) is 15.3 Å². The van der Waals surface area contributed by atoms with Crippen LogP contribution < -0.4 is 19.3 Å².